The van der Waals surface area contributed by atoms with Crippen LogP contribution in [0.3, 0.4) is 0 Å². The minimum absolute atomic E-state index is 0.0105. The van der Waals surface area contributed by atoms with E-state index in [9.17, 15) is 30.4 Å². The molecule has 0 amide bonds. The Labute approximate surface area is 189 Å². The molecule has 0 fully saturated rings. The summed E-state index contributed by atoms with van der Waals surface area (Å²) in [6.45, 7) is 0. The van der Waals surface area contributed by atoms with Crippen molar-refractivity contribution in [3.05, 3.63) is 83.2 Å². The number of benzene rings is 2. The smallest absolute Gasteiger partial charge is 0.227 e. The number of sulfonamides is 1. The van der Waals surface area contributed by atoms with Crippen molar-refractivity contribution in [2.45, 2.75) is 17.5 Å². The number of hydrogen-bond acceptors (Lipinski definition) is 4. The molecule has 0 saturated heterocycles. The summed E-state index contributed by atoms with van der Waals surface area (Å²) >= 11 is 0. The molecule has 4 aromatic rings. The Morgan fingerprint density at radius 2 is 1.71 bits per heavy atom. The number of halogens is 5. The predicted octanol–water partition coefficient (Wildman–Crippen LogP) is 4.40. The van der Waals surface area contributed by atoms with E-state index >= 15 is 0 Å². The lowest BCUT2D eigenvalue weighted by Crippen LogP contribution is -2.11. The van der Waals surface area contributed by atoms with Crippen molar-refractivity contribution in [1.29, 1.82) is 0 Å². The van der Waals surface area contributed by atoms with Gasteiger partial charge >= 0.3 is 6.18 Å². The molecule has 0 spiro atoms. The molecule has 174 valence electrons. The van der Waals surface area contributed by atoms with Crippen LogP contribution in [0.25, 0.3) is 16.9 Å². The molecule has 0 unspecified atom stereocenters. The molecule has 0 bridgehead atoms. The van der Waals surface area contributed by atoms with Gasteiger partial charge in [-0.1, -0.05) is 30.0 Å². The lowest BCUT2D eigenvalue weighted by atomic mass is 10.1. The molecule has 0 aliphatic heterocycles. The summed E-state index contributed by atoms with van der Waals surface area (Å²) in [6, 6.07) is 10.5. The minimum atomic E-state index is -4.54. The molecule has 12 heteroatoms. The van der Waals surface area contributed by atoms with Crippen LogP contribution >= 0.6 is 0 Å². The number of aromatic nitrogens is 3. The monoisotopic (exact) mass is 492 g/mol. The van der Waals surface area contributed by atoms with Crippen molar-refractivity contribution in [2.24, 2.45) is 5.14 Å². The van der Waals surface area contributed by atoms with E-state index in [1.807, 2.05) is 0 Å². The van der Waals surface area contributed by atoms with E-state index in [1.165, 1.54) is 30.5 Å². The summed E-state index contributed by atoms with van der Waals surface area (Å²) < 4.78 is 89.8. The Morgan fingerprint density at radius 1 is 1.00 bits per heavy atom. The summed E-state index contributed by atoms with van der Waals surface area (Å²) in [4.78, 5) is 4.13. The van der Waals surface area contributed by atoms with Crippen LogP contribution in [0.2, 0.25) is 0 Å². The number of hydrogen-bond donors (Lipinski definition) is 1. The zero-order valence-corrected chi connectivity index (χ0v) is 17.7. The molecule has 0 saturated carbocycles. The lowest BCUT2D eigenvalue weighted by Gasteiger charge is -2.10. The van der Waals surface area contributed by atoms with E-state index in [0.29, 0.717) is 5.56 Å². The van der Waals surface area contributed by atoms with Gasteiger partial charge in [-0.05, 0) is 36.4 Å². The van der Waals surface area contributed by atoms with E-state index in [2.05, 4.69) is 21.9 Å². The fourth-order valence-corrected chi connectivity index (χ4v) is 3.66. The van der Waals surface area contributed by atoms with Crippen molar-refractivity contribution in [3.63, 3.8) is 0 Å². The second-order valence-corrected chi connectivity index (χ2v) is 8.62. The van der Waals surface area contributed by atoms with Gasteiger partial charge in [0.2, 0.25) is 10.0 Å². The average molecular weight is 492 g/mol. The molecule has 34 heavy (non-hydrogen) atoms. The fraction of sp³-hybridized carbons (Fsp3) is 0.0909. The lowest BCUT2D eigenvalue weighted by molar-refractivity contribution is -0.137. The van der Waals surface area contributed by atoms with Crippen LogP contribution in [0.1, 0.15) is 28.8 Å². The van der Waals surface area contributed by atoms with Crippen molar-refractivity contribution < 1.29 is 30.4 Å². The third-order valence-electron chi connectivity index (χ3n) is 4.74. The number of alkyl halides is 5. The van der Waals surface area contributed by atoms with Crippen LogP contribution in [0.4, 0.5) is 22.0 Å². The molecule has 6 nitrogen and oxygen atoms in total. The Kier molecular flexibility index (Phi) is 5.84. The zero-order valence-electron chi connectivity index (χ0n) is 16.9. The third kappa shape index (κ3) is 4.75. The molecule has 0 atom stereocenters. The molecule has 2 N–H and O–H groups in total. The number of rotatable bonds is 3. The molecule has 0 aliphatic carbocycles. The van der Waals surface area contributed by atoms with Gasteiger partial charge in [-0.2, -0.15) is 18.3 Å². The van der Waals surface area contributed by atoms with Crippen molar-refractivity contribution in [1.82, 2.24) is 14.6 Å². The van der Waals surface area contributed by atoms with Crippen LogP contribution in [0.15, 0.2) is 65.7 Å². The minimum Gasteiger partial charge on any atom is -0.227 e. The second kappa shape index (κ2) is 8.51. The van der Waals surface area contributed by atoms with E-state index in [0.717, 1.165) is 34.8 Å². The van der Waals surface area contributed by atoms with Gasteiger partial charge in [0.1, 0.15) is 5.69 Å². The maximum Gasteiger partial charge on any atom is 0.416 e. The highest BCUT2D eigenvalue weighted by atomic mass is 32.2. The Hall–Kier alpha value is -3.82. The molecule has 2 aromatic heterocycles. The van der Waals surface area contributed by atoms with Gasteiger partial charge in [-0.25, -0.2) is 31.8 Å². The summed E-state index contributed by atoms with van der Waals surface area (Å²) in [6.07, 6.45) is -6.29. The van der Waals surface area contributed by atoms with Gasteiger partial charge in [0.05, 0.1) is 27.9 Å². The highest BCUT2D eigenvalue weighted by molar-refractivity contribution is 7.89. The zero-order chi connectivity index (χ0) is 24.7. The van der Waals surface area contributed by atoms with Gasteiger partial charge in [0.15, 0.2) is 5.65 Å². The summed E-state index contributed by atoms with van der Waals surface area (Å²) in [5.74, 6) is 5.42. The Balaban J connectivity index is 1.81. The Bertz CT molecular complexity index is 1550. The number of nitrogens with zero attached hydrogens (tertiary/aromatic N) is 3. The van der Waals surface area contributed by atoms with Gasteiger partial charge in [-0.3, -0.25) is 0 Å². The highest BCUT2D eigenvalue weighted by Gasteiger charge is 2.30. The first kappa shape index (κ1) is 23.3. The quantitative estimate of drug-likeness (QED) is 0.339. The summed E-state index contributed by atoms with van der Waals surface area (Å²) in [5.41, 5.74) is -0.804. The van der Waals surface area contributed by atoms with Gasteiger partial charge in [0.25, 0.3) is 6.43 Å². The number of nitrogens with two attached hydrogens (primary N) is 1. The molecule has 2 aromatic carbocycles. The van der Waals surface area contributed by atoms with Gasteiger partial charge < -0.3 is 0 Å². The van der Waals surface area contributed by atoms with Crippen molar-refractivity contribution in [2.75, 3.05) is 0 Å². The first-order valence-corrected chi connectivity index (χ1v) is 11.0. The summed E-state index contributed by atoms with van der Waals surface area (Å²) in [7, 11) is -3.95. The van der Waals surface area contributed by atoms with Crippen molar-refractivity contribution in [3.8, 4) is 23.1 Å². The SMILES string of the molecule is NS(=O)(=O)c1cccc(C#Cc2cnn3c(C(F)F)cc(-c4ccc(C(F)(F)F)cc4)nc23)c1. The second-order valence-electron chi connectivity index (χ2n) is 7.06. The first-order valence-electron chi connectivity index (χ1n) is 9.43. The highest BCUT2D eigenvalue weighted by Crippen LogP contribution is 2.32. The van der Waals surface area contributed by atoms with Crippen LogP contribution in [0, 0.1) is 11.8 Å². The fourth-order valence-electron chi connectivity index (χ4n) is 3.10. The summed E-state index contributed by atoms with van der Waals surface area (Å²) in [5, 5.41) is 9.01. The Morgan fingerprint density at radius 3 is 2.32 bits per heavy atom. The average Bonchev–Trinajstić information content (AvgIpc) is 3.19. The van der Waals surface area contributed by atoms with E-state index in [1.54, 1.807) is 0 Å². The number of primary sulfonamides is 1. The van der Waals surface area contributed by atoms with Crippen LogP contribution in [0.5, 0.6) is 0 Å². The molecule has 0 aliphatic rings. The van der Waals surface area contributed by atoms with Crippen LogP contribution in [-0.4, -0.2) is 23.0 Å². The molecule has 0 radical (unpaired) electrons. The van der Waals surface area contributed by atoms with Crippen LogP contribution < -0.4 is 5.14 Å². The number of fused-ring (bicyclic) bond motifs is 1. The van der Waals surface area contributed by atoms with E-state index in [-0.39, 0.29) is 27.4 Å². The molecule has 4 rings (SSSR count). The standard InChI is InChI=1S/C22H13F5N4O2S/c23-20(24)19-11-18(14-6-8-16(9-7-14)22(25,26)27)30-21-15(12-29-31(19)21)5-4-13-2-1-3-17(10-13)34(28,32)33/h1-3,6-12,20H,(H2,28,32,33). The van der Waals surface area contributed by atoms with E-state index < -0.39 is 33.9 Å². The van der Waals surface area contributed by atoms with Crippen molar-refractivity contribution >= 4 is 15.7 Å². The first-order chi connectivity index (χ1) is 15.9. The normalized spacial score (nSPS) is 12.1. The maximum absolute atomic E-state index is 13.7. The molecular formula is C22H13F5N4O2S. The topological polar surface area (TPSA) is 90.4 Å². The van der Waals surface area contributed by atoms with Gasteiger partial charge in [0, 0.05) is 11.1 Å². The maximum atomic E-state index is 13.7. The molecule has 2 heterocycles. The van der Waals surface area contributed by atoms with Crippen LogP contribution in [-0.2, 0) is 16.2 Å². The van der Waals surface area contributed by atoms with Gasteiger partial charge in [-0.15, -0.1) is 0 Å². The third-order valence-corrected chi connectivity index (χ3v) is 5.65. The largest absolute Gasteiger partial charge is 0.416 e. The van der Waals surface area contributed by atoms with E-state index in [4.69, 9.17) is 5.14 Å². The molecular weight excluding hydrogens is 479 g/mol. The predicted molar refractivity (Wildman–Crippen MR) is 112 cm³/mol.